The first-order valence-electron chi connectivity index (χ1n) is 19.3. The van der Waals surface area contributed by atoms with E-state index in [1.54, 1.807) is 29.5 Å². The zero-order chi connectivity index (χ0) is 40.6. The monoisotopic (exact) mass is 812 g/mol. The van der Waals surface area contributed by atoms with Crippen LogP contribution in [0.5, 0.6) is 5.75 Å². The molecular formula is C44H42Cl2N10O2. The van der Waals surface area contributed by atoms with E-state index >= 15 is 4.79 Å². The highest BCUT2D eigenvalue weighted by atomic mass is 35.5. The fourth-order valence-corrected chi connectivity index (χ4v) is 8.92. The van der Waals surface area contributed by atoms with Crippen LogP contribution < -0.4 is 9.64 Å². The van der Waals surface area contributed by atoms with Crippen LogP contribution in [0.25, 0.3) is 50.3 Å². The molecule has 1 aliphatic rings. The van der Waals surface area contributed by atoms with Crippen LogP contribution in [0.1, 0.15) is 58.0 Å². The Morgan fingerprint density at radius 1 is 0.897 bits per heavy atom. The van der Waals surface area contributed by atoms with Crippen molar-refractivity contribution in [3.63, 3.8) is 0 Å². The van der Waals surface area contributed by atoms with Crippen LogP contribution in [0.4, 0.5) is 5.69 Å². The molecule has 9 rings (SSSR count). The second kappa shape index (κ2) is 14.4. The third-order valence-electron chi connectivity index (χ3n) is 11.3. The second-order valence-corrected chi connectivity index (χ2v) is 16.0. The van der Waals surface area contributed by atoms with Crippen LogP contribution >= 0.6 is 23.2 Å². The van der Waals surface area contributed by atoms with Crippen molar-refractivity contribution < 1.29 is 9.53 Å². The highest BCUT2D eigenvalue weighted by Gasteiger charge is 2.37. The van der Waals surface area contributed by atoms with Gasteiger partial charge in [0.1, 0.15) is 17.8 Å². The van der Waals surface area contributed by atoms with Gasteiger partial charge in [-0.2, -0.15) is 9.78 Å². The standard InChI is InChI=1S/C44H42Cl2N10O2/c1-24-18-30(19-25(2)39(24)46)58-17-8-10-31-32-12-13-34(45)38(37-27(4)50-53(7)28(37)5)40(32)56-26(3)21-54(43(57)41(31)56)36-22-52(6)35-14-11-29(20-33(35)36)42-49-23-55(51-42)44-47-15-9-16-48-44/h9,11-16,18-20,22-23,26H,8,10,17,21H2,1-7H3/t26-/m1/s1. The maximum absolute atomic E-state index is 15.3. The fourth-order valence-electron chi connectivity index (χ4n) is 8.56. The molecular weight excluding hydrogens is 771 g/mol. The Labute approximate surface area is 345 Å². The highest BCUT2D eigenvalue weighted by Crippen LogP contribution is 2.46. The first-order chi connectivity index (χ1) is 27.9. The summed E-state index contributed by atoms with van der Waals surface area (Å²) in [5.41, 5.74) is 10.9. The summed E-state index contributed by atoms with van der Waals surface area (Å²) < 4.78 is 14.0. The summed E-state index contributed by atoms with van der Waals surface area (Å²) in [7, 11) is 3.95. The van der Waals surface area contributed by atoms with Crippen LogP contribution in [-0.2, 0) is 20.5 Å². The van der Waals surface area contributed by atoms with Gasteiger partial charge < -0.3 is 18.8 Å². The van der Waals surface area contributed by atoms with Gasteiger partial charge in [0.25, 0.3) is 11.9 Å². The minimum absolute atomic E-state index is 0.0718. The van der Waals surface area contributed by atoms with E-state index in [2.05, 4.69) is 55.2 Å². The molecule has 58 heavy (non-hydrogen) atoms. The molecule has 0 fully saturated rings. The normalized spacial score (nSPS) is 14.3. The maximum Gasteiger partial charge on any atom is 0.275 e. The lowest BCUT2D eigenvalue weighted by Gasteiger charge is -2.34. The number of nitrogens with zero attached hydrogens (tertiary/aromatic N) is 10. The molecule has 12 nitrogen and oxygen atoms in total. The average molecular weight is 814 g/mol. The van der Waals surface area contributed by atoms with Gasteiger partial charge in [-0.05, 0) is 107 Å². The average Bonchev–Trinajstić information content (AvgIpc) is 3.97. The predicted octanol–water partition coefficient (Wildman–Crippen LogP) is 9.34. The molecule has 5 aromatic heterocycles. The molecule has 0 saturated carbocycles. The molecule has 6 heterocycles. The van der Waals surface area contributed by atoms with E-state index in [9.17, 15) is 0 Å². The number of rotatable bonds is 9. The number of benzene rings is 3. The Morgan fingerprint density at radius 3 is 2.38 bits per heavy atom. The quantitative estimate of drug-likeness (QED) is 0.134. The number of fused-ring (bicyclic) bond motifs is 4. The first kappa shape index (κ1) is 37.6. The summed E-state index contributed by atoms with van der Waals surface area (Å²) in [5, 5.41) is 12.7. The molecule has 3 aromatic carbocycles. The van der Waals surface area contributed by atoms with Crippen LogP contribution in [0.15, 0.2) is 73.4 Å². The van der Waals surface area contributed by atoms with E-state index in [0.717, 1.165) is 83.0 Å². The number of anilines is 1. The summed E-state index contributed by atoms with van der Waals surface area (Å²) in [6.45, 7) is 11.1. The summed E-state index contributed by atoms with van der Waals surface area (Å²) in [6.07, 6.45) is 8.27. The molecule has 8 aromatic rings. The summed E-state index contributed by atoms with van der Waals surface area (Å²) >= 11 is 13.6. The molecule has 0 unspecified atom stereocenters. The predicted molar refractivity (Wildman–Crippen MR) is 229 cm³/mol. The molecule has 1 amide bonds. The molecule has 0 saturated heterocycles. The van der Waals surface area contributed by atoms with Gasteiger partial charge in [-0.3, -0.25) is 9.48 Å². The Kier molecular flexibility index (Phi) is 9.36. The van der Waals surface area contributed by atoms with E-state index in [4.69, 9.17) is 33.0 Å². The van der Waals surface area contributed by atoms with Crippen LogP contribution in [0.2, 0.25) is 10.0 Å². The third kappa shape index (κ3) is 6.13. The Bertz CT molecular complexity index is 2900. The van der Waals surface area contributed by atoms with Gasteiger partial charge >= 0.3 is 0 Å². The van der Waals surface area contributed by atoms with Crippen molar-refractivity contribution in [1.82, 2.24) is 43.6 Å². The van der Waals surface area contributed by atoms with E-state index < -0.39 is 0 Å². The zero-order valence-electron chi connectivity index (χ0n) is 33.4. The Balaban J connectivity index is 1.15. The van der Waals surface area contributed by atoms with Crippen molar-refractivity contribution in [2.24, 2.45) is 14.1 Å². The number of aryl methyl sites for hydroxylation is 6. The topological polar surface area (TPSA) is 114 Å². The van der Waals surface area contributed by atoms with Crippen LogP contribution in [0.3, 0.4) is 0 Å². The molecule has 1 atom stereocenters. The minimum atomic E-state index is -0.101. The van der Waals surface area contributed by atoms with E-state index in [-0.39, 0.29) is 11.9 Å². The maximum atomic E-state index is 15.3. The van der Waals surface area contributed by atoms with Crippen molar-refractivity contribution in [2.75, 3.05) is 18.1 Å². The molecule has 1 aliphatic heterocycles. The summed E-state index contributed by atoms with van der Waals surface area (Å²) in [5.74, 6) is 1.67. The van der Waals surface area contributed by atoms with Gasteiger partial charge in [0, 0.05) is 89.0 Å². The van der Waals surface area contributed by atoms with E-state index in [1.807, 2.05) is 81.0 Å². The van der Waals surface area contributed by atoms with Gasteiger partial charge in [-0.25, -0.2) is 15.0 Å². The molecule has 14 heteroatoms. The third-order valence-corrected chi connectivity index (χ3v) is 12.2. The zero-order valence-corrected chi connectivity index (χ0v) is 34.9. The number of aromatic nitrogens is 9. The molecule has 0 aliphatic carbocycles. The van der Waals surface area contributed by atoms with Gasteiger partial charge in [-0.15, -0.1) is 5.10 Å². The fraction of sp³-hybridized carbons (Fsp3) is 0.273. The highest BCUT2D eigenvalue weighted by molar-refractivity contribution is 6.35. The number of amides is 1. The van der Waals surface area contributed by atoms with Crippen LogP contribution in [0, 0.1) is 27.7 Å². The number of hydrogen-bond acceptors (Lipinski definition) is 7. The van der Waals surface area contributed by atoms with E-state index in [0.29, 0.717) is 48.5 Å². The van der Waals surface area contributed by atoms with Crippen LogP contribution in [-0.4, -0.2) is 62.7 Å². The lowest BCUT2D eigenvalue weighted by Crippen LogP contribution is -2.42. The molecule has 0 radical (unpaired) electrons. The number of halogens is 2. The Hall–Kier alpha value is -5.98. The number of hydrogen-bond donors (Lipinski definition) is 0. The lowest BCUT2D eigenvalue weighted by molar-refractivity contribution is 0.0957. The van der Waals surface area contributed by atoms with Gasteiger partial charge in [-0.1, -0.05) is 29.3 Å². The van der Waals surface area contributed by atoms with E-state index in [1.165, 1.54) is 0 Å². The second-order valence-electron chi connectivity index (χ2n) is 15.2. The van der Waals surface area contributed by atoms with Crippen molar-refractivity contribution in [3.8, 4) is 34.2 Å². The van der Waals surface area contributed by atoms with Gasteiger partial charge in [0.15, 0.2) is 5.82 Å². The number of carbonyl (C=O) groups is 1. The SMILES string of the molecule is Cc1cc(OCCCc2c3n(c4c(-c5c(C)nn(C)c5C)c(Cl)ccc24)[C@H](C)CN(c2cn(C)c4ccc(-c5ncn(-c6ncccn6)n5)cc24)C3=O)cc(C)c1Cl. The van der Waals surface area contributed by atoms with Crippen molar-refractivity contribution in [2.45, 2.75) is 53.5 Å². The van der Waals surface area contributed by atoms with Crippen molar-refractivity contribution in [3.05, 3.63) is 117 Å². The summed E-state index contributed by atoms with van der Waals surface area (Å²) in [6, 6.07) is 15.7. The summed E-state index contributed by atoms with van der Waals surface area (Å²) in [4.78, 5) is 30.4. The molecule has 0 N–H and O–H groups in total. The molecule has 0 bridgehead atoms. The van der Waals surface area contributed by atoms with Crippen molar-refractivity contribution in [1.29, 1.82) is 0 Å². The molecule has 0 spiro atoms. The minimum Gasteiger partial charge on any atom is -0.494 e. The van der Waals surface area contributed by atoms with Gasteiger partial charge in [0.05, 0.1) is 28.5 Å². The first-order valence-corrected chi connectivity index (χ1v) is 20.0. The Morgan fingerprint density at radius 2 is 1.66 bits per heavy atom. The van der Waals surface area contributed by atoms with Crippen molar-refractivity contribution >= 4 is 56.6 Å². The lowest BCUT2D eigenvalue weighted by atomic mass is 9.98. The number of carbonyl (C=O) groups excluding carboxylic acids is 1. The number of ether oxygens (including phenoxy) is 1. The van der Waals surface area contributed by atoms with Gasteiger partial charge in [0.2, 0.25) is 0 Å². The molecule has 294 valence electrons. The smallest absolute Gasteiger partial charge is 0.275 e. The largest absolute Gasteiger partial charge is 0.494 e.